The van der Waals surface area contributed by atoms with Crippen molar-refractivity contribution < 1.29 is 29.0 Å². The molecule has 0 aliphatic rings. The summed E-state index contributed by atoms with van der Waals surface area (Å²) in [6, 6.07) is -1.92. The minimum Gasteiger partial charge on any atom is -0.467 e. The maximum Gasteiger partial charge on any atom is 0.330 e. The van der Waals surface area contributed by atoms with Crippen LogP contribution < -0.4 is 11.1 Å². The Labute approximate surface area is 216 Å². The van der Waals surface area contributed by atoms with Gasteiger partial charge < -0.3 is 25.6 Å². The van der Waals surface area contributed by atoms with Gasteiger partial charge in [-0.2, -0.15) is 11.8 Å². The van der Waals surface area contributed by atoms with Crippen molar-refractivity contribution in [3.63, 3.8) is 0 Å². The number of rotatable bonds is 24. The van der Waals surface area contributed by atoms with E-state index in [1.807, 2.05) is 0 Å². The Kier molecular flexibility index (Phi) is 23.5. The molecule has 0 saturated carbocycles. The van der Waals surface area contributed by atoms with Gasteiger partial charge in [-0.05, 0) is 18.6 Å². The number of nitrogens with two attached hydrogens (primary N) is 1. The zero-order valence-electron chi connectivity index (χ0n) is 22.1. The molecule has 0 aromatic rings. The maximum atomic E-state index is 12.0. The fourth-order valence-electron chi connectivity index (χ4n) is 3.59. The molecule has 4 N–H and O–H groups in total. The fourth-order valence-corrected chi connectivity index (χ4v) is 4.49. The first-order chi connectivity index (χ1) is 17.0. The van der Waals surface area contributed by atoms with Gasteiger partial charge in [0, 0.05) is 12.2 Å². The van der Waals surface area contributed by atoms with Crippen LogP contribution in [-0.2, 0) is 23.9 Å². The van der Waals surface area contributed by atoms with Crippen molar-refractivity contribution in [2.24, 2.45) is 5.73 Å². The van der Waals surface area contributed by atoms with Gasteiger partial charge in [0.25, 0.3) is 0 Å². The molecule has 2 atom stereocenters. The van der Waals surface area contributed by atoms with Gasteiger partial charge in [0.1, 0.15) is 0 Å². The van der Waals surface area contributed by atoms with Crippen molar-refractivity contribution in [2.75, 3.05) is 31.8 Å². The summed E-state index contributed by atoms with van der Waals surface area (Å²) >= 11 is 1.47. The molecule has 0 bridgehead atoms. The number of aliphatic hydroxyl groups excluding tert-OH is 1. The molecular formula is C26H50N2O6S. The Morgan fingerprint density at radius 2 is 1.43 bits per heavy atom. The zero-order chi connectivity index (χ0) is 26.2. The topological polar surface area (TPSA) is 128 Å². The summed E-state index contributed by atoms with van der Waals surface area (Å²) in [6.45, 7) is 2.06. The molecule has 1 amide bonds. The van der Waals surface area contributed by atoms with Crippen molar-refractivity contribution >= 4 is 29.6 Å². The predicted molar refractivity (Wildman–Crippen MR) is 142 cm³/mol. The zero-order valence-corrected chi connectivity index (χ0v) is 22.9. The fraction of sp³-hybridized carbons (Fsp3) is 0.885. The van der Waals surface area contributed by atoms with E-state index in [0.717, 1.165) is 12.8 Å². The minimum absolute atomic E-state index is 0.146. The highest BCUT2D eigenvalue weighted by molar-refractivity contribution is 7.99. The first kappa shape index (κ1) is 33.7. The van der Waals surface area contributed by atoms with Crippen LogP contribution in [0.5, 0.6) is 0 Å². The normalized spacial score (nSPS) is 12.7. The van der Waals surface area contributed by atoms with Crippen molar-refractivity contribution in [3.05, 3.63) is 0 Å². The number of thioether (sulfide) groups is 1. The number of ether oxygens (including phenoxy) is 2. The number of nitrogens with one attached hydrogen (secondary N) is 1. The average molecular weight is 519 g/mol. The van der Waals surface area contributed by atoms with E-state index in [-0.39, 0.29) is 5.97 Å². The molecular weight excluding hydrogens is 468 g/mol. The van der Waals surface area contributed by atoms with E-state index in [9.17, 15) is 14.4 Å². The molecule has 0 heterocycles. The number of amides is 1. The quantitative estimate of drug-likeness (QED) is 0.129. The maximum absolute atomic E-state index is 12.0. The number of hydrogen-bond acceptors (Lipinski definition) is 8. The van der Waals surface area contributed by atoms with Gasteiger partial charge in [-0.1, -0.05) is 84.0 Å². The lowest BCUT2D eigenvalue weighted by atomic mass is 10.0. The van der Waals surface area contributed by atoms with Gasteiger partial charge >= 0.3 is 11.9 Å². The third kappa shape index (κ3) is 20.6. The third-order valence-corrected chi connectivity index (χ3v) is 6.97. The summed E-state index contributed by atoms with van der Waals surface area (Å²) in [6.07, 6.45) is 17.8. The predicted octanol–water partition coefficient (Wildman–Crippen LogP) is 4.11. The molecule has 0 spiro atoms. The second-order valence-corrected chi connectivity index (χ2v) is 10.2. The van der Waals surface area contributed by atoms with Gasteiger partial charge in [-0.3, -0.25) is 9.59 Å². The van der Waals surface area contributed by atoms with Gasteiger partial charge in [0.2, 0.25) is 5.91 Å². The van der Waals surface area contributed by atoms with E-state index in [2.05, 4.69) is 17.0 Å². The van der Waals surface area contributed by atoms with E-state index in [4.69, 9.17) is 15.6 Å². The molecule has 0 aliphatic heterocycles. The van der Waals surface area contributed by atoms with E-state index in [0.29, 0.717) is 31.0 Å². The highest BCUT2D eigenvalue weighted by Gasteiger charge is 2.23. The molecule has 0 fully saturated rings. The smallest absolute Gasteiger partial charge is 0.330 e. The molecule has 0 aromatic heterocycles. The Morgan fingerprint density at radius 1 is 0.886 bits per heavy atom. The van der Waals surface area contributed by atoms with Gasteiger partial charge in [-0.15, -0.1) is 0 Å². The standard InChI is InChI=1S/C26H50N2O6S/c1-3-4-5-6-7-8-9-10-11-12-13-14-15-17-24(30)34-18-16-19-35-21-22(27)25(31)28-23(20-29)26(32)33-2/h22-23,29H,3-21,27H2,1-2H3,(H,28,31). The van der Waals surface area contributed by atoms with Gasteiger partial charge in [-0.25, -0.2) is 4.79 Å². The minimum atomic E-state index is -1.11. The Hall–Kier alpha value is -1.32. The summed E-state index contributed by atoms with van der Waals surface area (Å²) in [7, 11) is 1.18. The summed E-state index contributed by atoms with van der Waals surface area (Å²) in [5.74, 6) is -0.328. The molecule has 0 radical (unpaired) electrons. The molecule has 0 aliphatic carbocycles. The first-order valence-corrected chi connectivity index (χ1v) is 14.6. The molecule has 0 aromatic carbocycles. The van der Waals surface area contributed by atoms with Gasteiger partial charge in [0.15, 0.2) is 6.04 Å². The van der Waals surface area contributed by atoms with Gasteiger partial charge in [0.05, 0.1) is 26.4 Å². The van der Waals surface area contributed by atoms with Crippen LogP contribution in [-0.4, -0.2) is 66.9 Å². The first-order valence-electron chi connectivity index (χ1n) is 13.4. The number of methoxy groups -OCH3 is 1. The second kappa shape index (κ2) is 24.4. The molecule has 35 heavy (non-hydrogen) atoms. The molecule has 0 rings (SSSR count). The third-order valence-electron chi connectivity index (χ3n) is 5.80. The molecule has 2 unspecified atom stereocenters. The van der Waals surface area contributed by atoms with Crippen molar-refractivity contribution in [2.45, 2.75) is 115 Å². The Bertz CT molecular complexity index is 550. The molecule has 8 nitrogen and oxygen atoms in total. The number of esters is 2. The largest absolute Gasteiger partial charge is 0.467 e. The van der Waals surface area contributed by atoms with E-state index >= 15 is 0 Å². The average Bonchev–Trinajstić information content (AvgIpc) is 2.86. The Balaban J connectivity index is 3.51. The van der Waals surface area contributed by atoms with Crippen LogP contribution in [0.2, 0.25) is 0 Å². The summed E-state index contributed by atoms with van der Waals surface area (Å²) < 4.78 is 9.76. The summed E-state index contributed by atoms with van der Waals surface area (Å²) in [4.78, 5) is 35.2. The van der Waals surface area contributed by atoms with Crippen molar-refractivity contribution in [3.8, 4) is 0 Å². The van der Waals surface area contributed by atoms with E-state index < -0.39 is 30.6 Å². The van der Waals surface area contributed by atoms with Crippen LogP contribution in [0, 0.1) is 0 Å². The van der Waals surface area contributed by atoms with Crippen LogP contribution >= 0.6 is 11.8 Å². The number of hydrogen-bond donors (Lipinski definition) is 3. The SMILES string of the molecule is CCCCCCCCCCCCCCCC(=O)OCCCSCC(N)C(=O)NC(CO)C(=O)OC. The summed E-state index contributed by atoms with van der Waals surface area (Å²) in [5, 5.41) is 11.5. The molecule has 206 valence electrons. The number of aliphatic hydroxyl groups is 1. The van der Waals surface area contributed by atoms with Crippen LogP contribution in [0.1, 0.15) is 103 Å². The van der Waals surface area contributed by atoms with Crippen LogP contribution in [0.3, 0.4) is 0 Å². The number of carbonyl (C=O) groups excluding carboxylic acids is 3. The van der Waals surface area contributed by atoms with Crippen LogP contribution in [0.15, 0.2) is 0 Å². The molecule has 0 saturated heterocycles. The van der Waals surface area contributed by atoms with Crippen molar-refractivity contribution in [1.82, 2.24) is 5.32 Å². The summed E-state index contributed by atoms with van der Waals surface area (Å²) in [5.41, 5.74) is 5.81. The second-order valence-electron chi connectivity index (χ2n) is 9.01. The highest BCUT2D eigenvalue weighted by atomic mass is 32.2. The number of carbonyl (C=O) groups is 3. The van der Waals surface area contributed by atoms with E-state index in [1.54, 1.807) is 0 Å². The van der Waals surface area contributed by atoms with Crippen LogP contribution in [0.4, 0.5) is 0 Å². The van der Waals surface area contributed by atoms with Crippen LogP contribution in [0.25, 0.3) is 0 Å². The van der Waals surface area contributed by atoms with E-state index in [1.165, 1.54) is 89.5 Å². The number of unbranched alkanes of at least 4 members (excludes halogenated alkanes) is 12. The monoisotopic (exact) mass is 518 g/mol. The lowest BCUT2D eigenvalue weighted by molar-refractivity contribution is -0.146. The Morgan fingerprint density at radius 3 is 1.94 bits per heavy atom. The molecule has 9 heteroatoms. The lowest BCUT2D eigenvalue weighted by Gasteiger charge is -2.17. The lowest BCUT2D eigenvalue weighted by Crippen LogP contribution is -2.51. The highest BCUT2D eigenvalue weighted by Crippen LogP contribution is 2.13. The van der Waals surface area contributed by atoms with Crippen molar-refractivity contribution in [1.29, 1.82) is 0 Å².